The molecule has 1 aliphatic carbocycles. The van der Waals surface area contributed by atoms with Crippen LogP contribution in [-0.2, 0) is 15.9 Å². The normalized spacial score (nSPS) is 25.5. The van der Waals surface area contributed by atoms with Crippen LogP contribution in [0.1, 0.15) is 36.1 Å². The van der Waals surface area contributed by atoms with Gasteiger partial charge in [-0.3, -0.25) is 4.79 Å². The SMILES string of the molecule is CC(C)[N+]1=C(c2ccccc2)[C@]2(c3ccccc3)C(=O)[C@@]1(O)c1ccccc12. The molecule has 0 fully saturated rings. The minimum atomic E-state index is -1.66. The first-order chi connectivity index (χ1) is 13.5. The molecule has 0 saturated carbocycles. The van der Waals surface area contributed by atoms with E-state index in [-0.39, 0.29) is 11.8 Å². The van der Waals surface area contributed by atoms with Crippen molar-refractivity contribution in [3.8, 4) is 0 Å². The van der Waals surface area contributed by atoms with Crippen molar-refractivity contribution in [1.82, 2.24) is 0 Å². The highest BCUT2D eigenvalue weighted by Crippen LogP contribution is 2.56. The van der Waals surface area contributed by atoms with Gasteiger partial charge in [-0.05, 0) is 43.2 Å². The first kappa shape index (κ1) is 17.1. The van der Waals surface area contributed by atoms with Crippen molar-refractivity contribution in [1.29, 1.82) is 0 Å². The number of benzene rings is 3. The molecule has 3 aromatic carbocycles. The fraction of sp³-hybridized carbons (Fsp3) is 0.200. The third kappa shape index (κ3) is 1.82. The van der Waals surface area contributed by atoms with Crippen molar-refractivity contribution in [2.75, 3.05) is 0 Å². The predicted molar refractivity (Wildman–Crippen MR) is 109 cm³/mol. The summed E-state index contributed by atoms with van der Waals surface area (Å²) in [5.74, 6) is -0.181. The lowest BCUT2D eigenvalue weighted by Crippen LogP contribution is -2.45. The lowest BCUT2D eigenvalue weighted by atomic mass is 9.69. The van der Waals surface area contributed by atoms with Crippen molar-refractivity contribution in [2.24, 2.45) is 0 Å². The Morgan fingerprint density at radius 3 is 1.93 bits per heavy atom. The summed E-state index contributed by atoms with van der Waals surface area (Å²) >= 11 is 0. The minimum Gasteiger partial charge on any atom is -0.325 e. The second-order valence-electron chi connectivity index (χ2n) is 7.84. The van der Waals surface area contributed by atoms with Crippen molar-refractivity contribution < 1.29 is 14.5 Å². The molecule has 2 bridgehead atoms. The van der Waals surface area contributed by atoms with Gasteiger partial charge in [0.1, 0.15) is 0 Å². The fourth-order valence-corrected chi connectivity index (χ4v) is 5.13. The molecule has 3 nitrogen and oxygen atoms in total. The van der Waals surface area contributed by atoms with Crippen molar-refractivity contribution >= 4 is 11.5 Å². The van der Waals surface area contributed by atoms with Crippen LogP contribution in [0.4, 0.5) is 0 Å². The van der Waals surface area contributed by atoms with Crippen LogP contribution in [0.25, 0.3) is 0 Å². The van der Waals surface area contributed by atoms with E-state index in [2.05, 4.69) is 0 Å². The summed E-state index contributed by atoms with van der Waals surface area (Å²) in [5.41, 5.74) is 1.61. The largest absolute Gasteiger partial charge is 0.355 e. The molecule has 0 amide bonds. The third-order valence-corrected chi connectivity index (χ3v) is 6.08. The van der Waals surface area contributed by atoms with Crippen molar-refractivity contribution in [3.05, 3.63) is 107 Å². The molecule has 1 aliphatic heterocycles. The number of nitrogens with zero attached hydrogens (tertiary/aromatic N) is 1. The van der Waals surface area contributed by atoms with Crippen LogP contribution in [0.15, 0.2) is 84.9 Å². The first-order valence-electron chi connectivity index (χ1n) is 9.69. The highest BCUT2D eigenvalue weighted by molar-refractivity contribution is 6.29. The number of aliphatic hydroxyl groups is 1. The zero-order valence-corrected chi connectivity index (χ0v) is 16.0. The van der Waals surface area contributed by atoms with Gasteiger partial charge in [-0.15, -0.1) is 0 Å². The third-order valence-electron chi connectivity index (χ3n) is 6.08. The van der Waals surface area contributed by atoms with Crippen LogP contribution in [0.3, 0.4) is 0 Å². The zero-order chi connectivity index (χ0) is 19.5. The number of ketones is 1. The Kier molecular flexibility index (Phi) is 3.49. The molecule has 0 saturated heterocycles. The van der Waals surface area contributed by atoms with E-state index in [0.29, 0.717) is 5.56 Å². The van der Waals surface area contributed by atoms with Crippen molar-refractivity contribution in [2.45, 2.75) is 31.0 Å². The van der Waals surface area contributed by atoms with Crippen LogP contribution >= 0.6 is 0 Å². The Morgan fingerprint density at radius 1 is 0.786 bits per heavy atom. The number of rotatable bonds is 3. The topological polar surface area (TPSA) is 40.3 Å². The molecule has 5 rings (SSSR count). The van der Waals surface area contributed by atoms with Gasteiger partial charge in [-0.2, -0.15) is 4.58 Å². The van der Waals surface area contributed by atoms with E-state index in [9.17, 15) is 9.90 Å². The van der Waals surface area contributed by atoms with E-state index >= 15 is 0 Å². The predicted octanol–water partition coefficient (Wildman–Crippen LogP) is 3.62. The Hall–Kier alpha value is -3.04. The number of carbonyl (C=O) groups excluding carboxylic acids is 1. The maximum absolute atomic E-state index is 14.1. The van der Waals surface area contributed by atoms with E-state index in [0.717, 1.165) is 22.4 Å². The summed E-state index contributed by atoms with van der Waals surface area (Å²) in [6.07, 6.45) is 0. The highest BCUT2D eigenvalue weighted by atomic mass is 16.3. The van der Waals surface area contributed by atoms with Crippen molar-refractivity contribution in [3.63, 3.8) is 0 Å². The van der Waals surface area contributed by atoms with E-state index in [1.165, 1.54) is 0 Å². The maximum Gasteiger partial charge on any atom is 0.355 e. The molecular weight excluding hydrogens is 346 g/mol. The van der Waals surface area contributed by atoms with Gasteiger partial charge in [0, 0.05) is 5.56 Å². The van der Waals surface area contributed by atoms with Crippen LogP contribution in [0.2, 0.25) is 0 Å². The molecule has 3 heteroatoms. The number of Topliss-reactive ketones (excluding diaryl/α,β-unsaturated/α-hetero) is 1. The van der Waals surface area contributed by atoms with Gasteiger partial charge in [-0.1, -0.05) is 66.7 Å². The van der Waals surface area contributed by atoms with E-state index < -0.39 is 11.1 Å². The zero-order valence-electron chi connectivity index (χ0n) is 16.0. The molecule has 2 aliphatic rings. The molecule has 0 radical (unpaired) electrons. The molecule has 28 heavy (non-hydrogen) atoms. The number of hydrogen-bond donors (Lipinski definition) is 1. The van der Waals surface area contributed by atoms with Crippen LogP contribution in [0.5, 0.6) is 0 Å². The molecule has 2 atom stereocenters. The quantitative estimate of drug-likeness (QED) is 0.717. The first-order valence-corrected chi connectivity index (χ1v) is 9.69. The molecule has 3 aromatic rings. The number of fused-ring (bicyclic) bond motifs is 5. The molecule has 1 N–H and O–H groups in total. The minimum absolute atomic E-state index is 0.0527. The summed E-state index contributed by atoms with van der Waals surface area (Å²) in [6.45, 7) is 4.05. The lowest BCUT2D eigenvalue weighted by Gasteiger charge is -2.29. The second-order valence-corrected chi connectivity index (χ2v) is 7.84. The number of carbonyl (C=O) groups is 1. The Morgan fingerprint density at radius 2 is 1.32 bits per heavy atom. The van der Waals surface area contributed by atoms with Gasteiger partial charge in [-0.25, -0.2) is 0 Å². The maximum atomic E-state index is 14.1. The standard InChI is InChI=1S/C25H22NO2/c1-17(2)26-22(18-11-5-3-6-12-18)24(19-13-7-4-8-14-19)20-15-9-10-16-21(20)25(26,28)23(24)27/h3-17,28H,1-2H3/q+1/t24-,25+/m1/s1. The average molecular weight is 368 g/mol. The van der Waals surface area contributed by atoms with E-state index in [4.69, 9.17) is 0 Å². The van der Waals surface area contributed by atoms with Gasteiger partial charge in [0.2, 0.25) is 5.71 Å². The monoisotopic (exact) mass is 368 g/mol. The molecule has 0 aromatic heterocycles. The Bertz CT molecular complexity index is 1120. The summed E-state index contributed by atoms with van der Waals surface area (Å²) in [6, 6.07) is 27.5. The average Bonchev–Trinajstić information content (AvgIpc) is 3.07. The smallest absolute Gasteiger partial charge is 0.325 e. The Labute approximate surface area is 164 Å². The van der Waals surface area contributed by atoms with E-state index in [1.54, 1.807) is 0 Å². The number of hydrogen-bond acceptors (Lipinski definition) is 2. The van der Waals surface area contributed by atoms with Gasteiger partial charge in [0.25, 0.3) is 5.78 Å². The summed E-state index contributed by atoms with van der Waals surface area (Å²) in [5, 5.41) is 11.9. The lowest BCUT2D eigenvalue weighted by molar-refractivity contribution is -0.667. The molecule has 0 spiro atoms. The summed E-state index contributed by atoms with van der Waals surface area (Å²) in [7, 11) is 0. The molecular formula is C25H22NO2+. The summed E-state index contributed by atoms with van der Waals surface area (Å²) < 4.78 is 1.92. The summed E-state index contributed by atoms with van der Waals surface area (Å²) in [4.78, 5) is 14.1. The molecule has 1 heterocycles. The van der Waals surface area contributed by atoms with Crippen LogP contribution < -0.4 is 0 Å². The van der Waals surface area contributed by atoms with Crippen LogP contribution in [0, 0.1) is 0 Å². The van der Waals surface area contributed by atoms with Gasteiger partial charge in [0.05, 0.1) is 5.56 Å². The molecule has 0 unspecified atom stereocenters. The van der Waals surface area contributed by atoms with Gasteiger partial charge >= 0.3 is 5.72 Å². The Balaban J connectivity index is 1.99. The van der Waals surface area contributed by atoms with Gasteiger partial charge in [0.15, 0.2) is 11.5 Å². The fourth-order valence-electron chi connectivity index (χ4n) is 5.13. The van der Waals surface area contributed by atoms with E-state index in [1.807, 2.05) is 103 Å². The van der Waals surface area contributed by atoms with Crippen LogP contribution in [-0.4, -0.2) is 27.2 Å². The van der Waals surface area contributed by atoms with Gasteiger partial charge < -0.3 is 5.11 Å². The highest BCUT2D eigenvalue weighted by Gasteiger charge is 2.77. The molecule has 138 valence electrons. The second kappa shape index (κ2) is 5.73.